The number of carbonyl (C=O) groups is 1. The van der Waals surface area contributed by atoms with Crippen LogP contribution in [-0.4, -0.2) is 24.9 Å². The lowest BCUT2D eigenvalue weighted by molar-refractivity contribution is -0.137. The number of amides is 1. The molecule has 5 heteroatoms. The van der Waals surface area contributed by atoms with Crippen molar-refractivity contribution in [1.82, 2.24) is 4.90 Å². The van der Waals surface area contributed by atoms with Gasteiger partial charge in [0.25, 0.3) is 5.91 Å². The first-order valence-corrected chi connectivity index (χ1v) is 7.28. The van der Waals surface area contributed by atoms with Gasteiger partial charge in [-0.25, -0.2) is 0 Å². The standard InChI is InChI=1S/C16H14F3NO.C2H6/c1-20(2)15(21)13-5-3-11(4-6-13)12-7-9-14(10-8-12)16(17,18)19;1-2/h3-10H,1-2H3;1-2H3. The molecule has 0 bridgehead atoms. The zero-order valence-corrected chi connectivity index (χ0v) is 13.6. The lowest BCUT2D eigenvalue weighted by Crippen LogP contribution is -2.21. The molecule has 2 nitrogen and oxygen atoms in total. The number of nitrogens with zero attached hydrogens (tertiary/aromatic N) is 1. The van der Waals surface area contributed by atoms with E-state index in [9.17, 15) is 18.0 Å². The van der Waals surface area contributed by atoms with E-state index in [1.807, 2.05) is 13.8 Å². The first-order chi connectivity index (χ1) is 10.8. The molecular weight excluding hydrogens is 303 g/mol. The van der Waals surface area contributed by atoms with Gasteiger partial charge in [-0.2, -0.15) is 13.2 Å². The molecule has 124 valence electrons. The van der Waals surface area contributed by atoms with Gasteiger partial charge in [0.1, 0.15) is 0 Å². The van der Waals surface area contributed by atoms with Crippen molar-refractivity contribution in [3.8, 4) is 11.1 Å². The number of hydrogen-bond acceptors (Lipinski definition) is 1. The van der Waals surface area contributed by atoms with Crippen LogP contribution in [0.1, 0.15) is 29.8 Å². The zero-order chi connectivity index (χ0) is 17.6. The SMILES string of the molecule is CC.CN(C)C(=O)c1ccc(-c2ccc(C(F)(F)F)cc2)cc1. The van der Waals surface area contributed by atoms with Crippen LogP contribution in [0.15, 0.2) is 48.5 Å². The normalized spacial score (nSPS) is 10.6. The van der Waals surface area contributed by atoms with Crippen LogP contribution in [0, 0.1) is 0 Å². The monoisotopic (exact) mass is 323 g/mol. The minimum absolute atomic E-state index is 0.117. The molecule has 0 aliphatic carbocycles. The van der Waals surface area contributed by atoms with Crippen LogP contribution in [0.3, 0.4) is 0 Å². The second-order valence-electron chi connectivity index (χ2n) is 4.85. The summed E-state index contributed by atoms with van der Waals surface area (Å²) in [5, 5.41) is 0. The molecule has 0 aliphatic heterocycles. The molecule has 0 N–H and O–H groups in total. The third-order valence-corrected chi connectivity index (χ3v) is 3.08. The third kappa shape index (κ3) is 4.84. The van der Waals surface area contributed by atoms with Gasteiger partial charge in [-0.15, -0.1) is 0 Å². The number of hydrogen-bond donors (Lipinski definition) is 0. The lowest BCUT2D eigenvalue weighted by atomic mass is 10.0. The molecule has 1 amide bonds. The van der Waals surface area contributed by atoms with E-state index in [1.54, 1.807) is 38.4 Å². The summed E-state index contributed by atoms with van der Waals surface area (Å²) >= 11 is 0. The second-order valence-corrected chi connectivity index (χ2v) is 4.85. The van der Waals surface area contributed by atoms with Crippen molar-refractivity contribution >= 4 is 5.91 Å². The number of alkyl halides is 3. The molecule has 0 fully saturated rings. The van der Waals surface area contributed by atoms with Crippen molar-refractivity contribution in [2.45, 2.75) is 20.0 Å². The number of carbonyl (C=O) groups excluding carboxylic acids is 1. The molecule has 0 unspecified atom stereocenters. The molecule has 23 heavy (non-hydrogen) atoms. The Bertz CT molecular complexity index is 629. The summed E-state index contributed by atoms with van der Waals surface area (Å²) in [6, 6.07) is 11.7. The average molecular weight is 323 g/mol. The smallest absolute Gasteiger partial charge is 0.345 e. The van der Waals surface area contributed by atoms with E-state index in [4.69, 9.17) is 0 Å². The minimum Gasteiger partial charge on any atom is -0.345 e. The third-order valence-electron chi connectivity index (χ3n) is 3.08. The first-order valence-electron chi connectivity index (χ1n) is 7.28. The molecule has 0 radical (unpaired) electrons. The van der Waals surface area contributed by atoms with Crippen LogP contribution < -0.4 is 0 Å². The van der Waals surface area contributed by atoms with Gasteiger partial charge in [0, 0.05) is 19.7 Å². The summed E-state index contributed by atoms with van der Waals surface area (Å²) in [5.41, 5.74) is 1.30. The topological polar surface area (TPSA) is 20.3 Å². The molecule has 0 aromatic heterocycles. The maximum absolute atomic E-state index is 12.5. The molecule has 2 aromatic rings. The van der Waals surface area contributed by atoms with Crippen molar-refractivity contribution in [2.75, 3.05) is 14.1 Å². The minimum atomic E-state index is -4.33. The van der Waals surface area contributed by atoms with E-state index < -0.39 is 11.7 Å². The predicted octanol–water partition coefficient (Wildman–Crippen LogP) is 5.10. The van der Waals surface area contributed by atoms with Crippen molar-refractivity contribution in [1.29, 1.82) is 0 Å². The van der Waals surface area contributed by atoms with Crippen LogP contribution in [0.25, 0.3) is 11.1 Å². The molecule has 0 saturated carbocycles. The Morgan fingerprint density at radius 1 is 0.826 bits per heavy atom. The molecule has 0 saturated heterocycles. The van der Waals surface area contributed by atoms with Gasteiger partial charge in [0.15, 0.2) is 0 Å². The molecule has 0 heterocycles. The Hall–Kier alpha value is -2.30. The summed E-state index contributed by atoms with van der Waals surface area (Å²) in [7, 11) is 3.32. The number of rotatable bonds is 2. The predicted molar refractivity (Wildman–Crippen MR) is 86.2 cm³/mol. The zero-order valence-electron chi connectivity index (χ0n) is 13.6. The van der Waals surface area contributed by atoms with E-state index >= 15 is 0 Å². The van der Waals surface area contributed by atoms with Crippen molar-refractivity contribution in [2.24, 2.45) is 0 Å². The molecule has 2 rings (SSSR count). The van der Waals surface area contributed by atoms with Crippen molar-refractivity contribution < 1.29 is 18.0 Å². The van der Waals surface area contributed by atoms with E-state index in [1.165, 1.54) is 17.0 Å². The van der Waals surface area contributed by atoms with Gasteiger partial charge in [-0.05, 0) is 35.4 Å². The maximum atomic E-state index is 12.5. The summed E-state index contributed by atoms with van der Waals surface area (Å²) in [5.74, 6) is -0.117. The summed E-state index contributed by atoms with van der Waals surface area (Å²) in [6.07, 6.45) is -4.33. The number of benzene rings is 2. The molecule has 2 aromatic carbocycles. The Kier molecular flexibility index (Phi) is 6.37. The van der Waals surface area contributed by atoms with Crippen LogP contribution in [0.4, 0.5) is 13.2 Å². The van der Waals surface area contributed by atoms with E-state index in [-0.39, 0.29) is 5.91 Å². The quantitative estimate of drug-likeness (QED) is 0.753. The Labute approximate surface area is 134 Å². The summed E-state index contributed by atoms with van der Waals surface area (Å²) in [6.45, 7) is 4.00. The fourth-order valence-corrected chi connectivity index (χ4v) is 1.92. The summed E-state index contributed by atoms with van der Waals surface area (Å²) in [4.78, 5) is 13.2. The molecule has 0 aliphatic rings. The number of halogens is 3. The first kappa shape index (κ1) is 18.7. The fourth-order valence-electron chi connectivity index (χ4n) is 1.92. The highest BCUT2D eigenvalue weighted by Crippen LogP contribution is 2.31. The summed E-state index contributed by atoms with van der Waals surface area (Å²) < 4.78 is 37.5. The Morgan fingerprint density at radius 2 is 1.22 bits per heavy atom. The van der Waals surface area contributed by atoms with E-state index in [2.05, 4.69) is 0 Å². The highest BCUT2D eigenvalue weighted by atomic mass is 19.4. The van der Waals surface area contributed by atoms with E-state index in [0.29, 0.717) is 11.1 Å². The fraction of sp³-hybridized carbons (Fsp3) is 0.278. The van der Waals surface area contributed by atoms with Gasteiger partial charge in [-0.1, -0.05) is 38.1 Å². The van der Waals surface area contributed by atoms with Gasteiger partial charge in [0.2, 0.25) is 0 Å². The second kappa shape index (κ2) is 7.81. The molecular formula is C18H20F3NO. The molecule has 0 spiro atoms. The van der Waals surface area contributed by atoms with Crippen LogP contribution >= 0.6 is 0 Å². The van der Waals surface area contributed by atoms with Crippen molar-refractivity contribution in [3.05, 3.63) is 59.7 Å². The highest BCUT2D eigenvalue weighted by molar-refractivity contribution is 5.94. The molecule has 0 atom stereocenters. The van der Waals surface area contributed by atoms with Gasteiger partial charge < -0.3 is 4.90 Å². The van der Waals surface area contributed by atoms with Crippen LogP contribution in [0.5, 0.6) is 0 Å². The average Bonchev–Trinajstić information content (AvgIpc) is 2.55. The highest BCUT2D eigenvalue weighted by Gasteiger charge is 2.29. The Balaban J connectivity index is 0.00000127. The van der Waals surface area contributed by atoms with Gasteiger partial charge >= 0.3 is 6.18 Å². The van der Waals surface area contributed by atoms with Gasteiger partial charge in [-0.3, -0.25) is 4.79 Å². The largest absolute Gasteiger partial charge is 0.416 e. The van der Waals surface area contributed by atoms with Crippen LogP contribution in [-0.2, 0) is 6.18 Å². The van der Waals surface area contributed by atoms with Gasteiger partial charge in [0.05, 0.1) is 5.56 Å². The van der Waals surface area contributed by atoms with E-state index in [0.717, 1.165) is 17.7 Å². The van der Waals surface area contributed by atoms with Crippen LogP contribution in [0.2, 0.25) is 0 Å². The Morgan fingerprint density at radius 3 is 1.57 bits per heavy atom. The lowest BCUT2D eigenvalue weighted by Gasteiger charge is -2.11. The van der Waals surface area contributed by atoms with Crippen molar-refractivity contribution in [3.63, 3.8) is 0 Å². The maximum Gasteiger partial charge on any atom is 0.416 e.